The highest BCUT2D eigenvalue weighted by atomic mass is 35.5. The van der Waals surface area contributed by atoms with E-state index in [1.54, 1.807) is 30.3 Å². The van der Waals surface area contributed by atoms with E-state index in [2.05, 4.69) is 10.3 Å². The molecule has 2 heterocycles. The molecule has 4 rings (SSSR count). The van der Waals surface area contributed by atoms with Gasteiger partial charge in [0.05, 0.1) is 12.1 Å². The largest absolute Gasteiger partial charge is 0.495 e. The second-order valence-corrected chi connectivity index (χ2v) is 6.25. The minimum Gasteiger partial charge on any atom is -0.495 e. The number of nitrogens with zero attached hydrogens (tertiary/aromatic N) is 2. The van der Waals surface area contributed by atoms with Crippen LogP contribution in [-0.4, -0.2) is 18.0 Å². The molecular weight excluding hydrogens is 350 g/mol. The lowest BCUT2D eigenvalue weighted by Crippen LogP contribution is -2.32. The van der Waals surface area contributed by atoms with Crippen molar-refractivity contribution in [2.45, 2.75) is 6.17 Å². The van der Waals surface area contributed by atoms with Crippen LogP contribution in [0.4, 0.5) is 11.5 Å². The zero-order valence-electron chi connectivity index (χ0n) is 14.0. The lowest BCUT2D eigenvalue weighted by molar-refractivity contribution is 0.0992. The standard InChI is InChI=1S/C20H16ClN3O2/c1-26-17-10-9-13(12-16(17)21)23-19-14-6-2-3-7-15(14)20(25)24(19)18-8-4-5-11-22-18/h2-12,19,23H,1H3/t19-/m1/s1. The summed E-state index contributed by atoms with van der Waals surface area (Å²) in [5.41, 5.74) is 2.34. The molecule has 0 spiro atoms. The van der Waals surface area contributed by atoms with Gasteiger partial charge in [0.25, 0.3) is 5.91 Å². The van der Waals surface area contributed by atoms with E-state index in [0.29, 0.717) is 22.2 Å². The van der Waals surface area contributed by atoms with Crippen LogP contribution in [0, 0.1) is 0 Å². The van der Waals surface area contributed by atoms with Crippen LogP contribution in [0.1, 0.15) is 22.1 Å². The zero-order valence-corrected chi connectivity index (χ0v) is 14.8. The first-order valence-corrected chi connectivity index (χ1v) is 8.50. The molecular formula is C20H16ClN3O2. The van der Waals surface area contributed by atoms with E-state index in [-0.39, 0.29) is 12.1 Å². The van der Waals surface area contributed by atoms with E-state index in [0.717, 1.165) is 11.3 Å². The van der Waals surface area contributed by atoms with Gasteiger partial charge in [-0.3, -0.25) is 9.69 Å². The van der Waals surface area contributed by atoms with Gasteiger partial charge in [-0.05, 0) is 36.4 Å². The first-order valence-electron chi connectivity index (χ1n) is 8.12. The molecule has 0 radical (unpaired) electrons. The third-order valence-corrected chi connectivity index (χ3v) is 4.61. The Morgan fingerprint density at radius 1 is 1.12 bits per heavy atom. The molecule has 1 aliphatic rings. The van der Waals surface area contributed by atoms with Crippen molar-refractivity contribution in [1.29, 1.82) is 0 Å². The summed E-state index contributed by atoms with van der Waals surface area (Å²) in [6, 6.07) is 18.5. The van der Waals surface area contributed by atoms with Crippen LogP contribution in [0.15, 0.2) is 66.9 Å². The number of methoxy groups -OCH3 is 1. The molecule has 3 aromatic rings. The third kappa shape index (κ3) is 2.76. The number of nitrogens with one attached hydrogen (secondary N) is 1. The van der Waals surface area contributed by atoms with Crippen LogP contribution < -0.4 is 15.0 Å². The van der Waals surface area contributed by atoms with Gasteiger partial charge < -0.3 is 10.1 Å². The van der Waals surface area contributed by atoms with E-state index in [4.69, 9.17) is 16.3 Å². The minimum absolute atomic E-state index is 0.0867. The molecule has 0 unspecified atom stereocenters. The molecule has 0 bridgehead atoms. The van der Waals surface area contributed by atoms with Gasteiger partial charge in [-0.2, -0.15) is 0 Å². The van der Waals surface area contributed by atoms with E-state index in [1.807, 2.05) is 48.5 Å². The number of hydrogen-bond donors (Lipinski definition) is 1. The number of ether oxygens (including phenoxy) is 1. The molecule has 0 fully saturated rings. The van der Waals surface area contributed by atoms with Gasteiger partial charge in [-0.1, -0.05) is 35.9 Å². The van der Waals surface area contributed by atoms with Gasteiger partial charge in [-0.25, -0.2) is 4.98 Å². The third-order valence-electron chi connectivity index (χ3n) is 4.31. The predicted octanol–water partition coefficient (Wildman–Crippen LogP) is 4.51. The molecule has 0 saturated heterocycles. The average molecular weight is 366 g/mol. The summed E-state index contributed by atoms with van der Waals surface area (Å²) >= 11 is 6.24. The molecule has 1 N–H and O–H groups in total. The molecule has 1 atom stereocenters. The fourth-order valence-electron chi connectivity index (χ4n) is 3.11. The second-order valence-electron chi connectivity index (χ2n) is 5.85. The van der Waals surface area contributed by atoms with Crippen LogP contribution in [0.3, 0.4) is 0 Å². The number of benzene rings is 2. The summed E-state index contributed by atoms with van der Waals surface area (Å²) in [7, 11) is 1.57. The number of amides is 1. The number of aromatic nitrogens is 1. The molecule has 6 heteroatoms. The minimum atomic E-state index is -0.377. The maximum Gasteiger partial charge on any atom is 0.261 e. The number of carbonyl (C=O) groups is 1. The molecule has 1 aromatic heterocycles. The highest BCUT2D eigenvalue weighted by Crippen LogP contribution is 2.38. The Morgan fingerprint density at radius 2 is 1.92 bits per heavy atom. The first-order chi connectivity index (χ1) is 12.7. The monoisotopic (exact) mass is 365 g/mol. The van der Waals surface area contributed by atoms with Crippen molar-refractivity contribution in [3.63, 3.8) is 0 Å². The van der Waals surface area contributed by atoms with Crippen LogP contribution in [0.25, 0.3) is 0 Å². The fourth-order valence-corrected chi connectivity index (χ4v) is 3.36. The van der Waals surface area contributed by atoms with Crippen molar-refractivity contribution in [3.05, 3.63) is 83.0 Å². The quantitative estimate of drug-likeness (QED) is 0.738. The number of fused-ring (bicyclic) bond motifs is 1. The Bertz CT molecular complexity index is 962. The SMILES string of the molecule is COc1ccc(N[C@H]2c3ccccc3C(=O)N2c2ccccn2)cc1Cl. The van der Waals surface area contributed by atoms with Gasteiger partial charge >= 0.3 is 0 Å². The number of pyridine rings is 1. The summed E-state index contributed by atoms with van der Waals surface area (Å²) in [5, 5.41) is 3.89. The van der Waals surface area contributed by atoms with Crippen molar-refractivity contribution < 1.29 is 9.53 Å². The Hall–Kier alpha value is -3.05. The Morgan fingerprint density at radius 3 is 2.65 bits per heavy atom. The summed E-state index contributed by atoms with van der Waals surface area (Å²) in [6.45, 7) is 0. The molecule has 0 aliphatic carbocycles. The number of hydrogen-bond acceptors (Lipinski definition) is 4. The Labute approximate surface area is 156 Å². The fraction of sp³-hybridized carbons (Fsp3) is 0.100. The Balaban J connectivity index is 1.75. The van der Waals surface area contributed by atoms with Gasteiger partial charge in [0.15, 0.2) is 0 Å². The molecule has 1 aliphatic heterocycles. The Kier molecular flexibility index (Phi) is 4.22. The van der Waals surface area contributed by atoms with Crippen LogP contribution in [0.5, 0.6) is 5.75 Å². The highest BCUT2D eigenvalue weighted by molar-refractivity contribution is 6.32. The molecule has 130 valence electrons. The smallest absolute Gasteiger partial charge is 0.261 e. The highest BCUT2D eigenvalue weighted by Gasteiger charge is 2.38. The van der Waals surface area contributed by atoms with Crippen molar-refractivity contribution >= 4 is 29.0 Å². The maximum atomic E-state index is 13.0. The van der Waals surface area contributed by atoms with Gasteiger partial charge in [0.1, 0.15) is 17.7 Å². The summed E-state index contributed by atoms with van der Waals surface area (Å²) < 4.78 is 5.20. The number of carbonyl (C=O) groups excluding carboxylic acids is 1. The summed E-state index contributed by atoms with van der Waals surface area (Å²) in [6.07, 6.45) is 1.30. The average Bonchev–Trinajstić information content (AvgIpc) is 2.95. The van der Waals surface area contributed by atoms with Crippen LogP contribution in [0.2, 0.25) is 5.02 Å². The number of anilines is 2. The van der Waals surface area contributed by atoms with E-state index in [9.17, 15) is 4.79 Å². The summed E-state index contributed by atoms with van der Waals surface area (Å²) in [5.74, 6) is 1.10. The van der Waals surface area contributed by atoms with Gasteiger partial charge in [0, 0.05) is 23.0 Å². The topological polar surface area (TPSA) is 54.5 Å². The number of rotatable bonds is 4. The van der Waals surface area contributed by atoms with Crippen molar-refractivity contribution in [2.24, 2.45) is 0 Å². The maximum absolute atomic E-state index is 13.0. The molecule has 2 aromatic carbocycles. The van der Waals surface area contributed by atoms with Crippen LogP contribution >= 0.6 is 11.6 Å². The van der Waals surface area contributed by atoms with Gasteiger partial charge in [0.2, 0.25) is 0 Å². The van der Waals surface area contributed by atoms with E-state index in [1.165, 1.54) is 0 Å². The molecule has 0 saturated carbocycles. The lowest BCUT2D eigenvalue weighted by Gasteiger charge is -2.26. The van der Waals surface area contributed by atoms with Crippen molar-refractivity contribution in [3.8, 4) is 5.75 Å². The van der Waals surface area contributed by atoms with Gasteiger partial charge in [-0.15, -0.1) is 0 Å². The van der Waals surface area contributed by atoms with Crippen molar-refractivity contribution in [1.82, 2.24) is 4.98 Å². The first kappa shape index (κ1) is 16.4. The molecule has 5 nitrogen and oxygen atoms in total. The van der Waals surface area contributed by atoms with E-state index < -0.39 is 0 Å². The van der Waals surface area contributed by atoms with E-state index >= 15 is 0 Å². The number of halogens is 1. The van der Waals surface area contributed by atoms with Crippen LogP contribution in [-0.2, 0) is 0 Å². The normalized spacial score (nSPS) is 15.7. The predicted molar refractivity (Wildman–Crippen MR) is 102 cm³/mol. The second kappa shape index (κ2) is 6.69. The van der Waals surface area contributed by atoms with Crippen molar-refractivity contribution in [2.75, 3.05) is 17.3 Å². The lowest BCUT2D eigenvalue weighted by atomic mass is 10.1. The molecule has 26 heavy (non-hydrogen) atoms. The summed E-state index contributed by atoms with van der Waals surface area (Å²) in [4.78, 5) is 19.0. The zero-order chi connectivity index (χ0) is 18.1. The molecule has 1 amide bonds.